The third-order valence-electron chi connectivity index (χ3n) is 4.94. The van der Waals surface area contributed by atoms with Crippen LogP contribution in [0.2, 0.25) is 0 Å². The van der Waals surface area contributed by atoms with Gasteiger partial charge in [-0.1, -0.05) is 12.1 Å². The average Bonchev–Trinajstić information content (AvgIpc) is 2.96. The number of rotatable bonds is 2. The molecule has 0 atom stereocenters. The molecule has 0 aliphatic carbocycles. The topological polar surface area (TPSA) is 38.8 Å². The van der Waals surface area contributed by atoms with Crippen molar-refractivity contribution >= 4 is 35.8 Å². The molecule has 1 amide bonds. The Hall–Kier alpha value is -1.04. The number of carbonyl (C=O) groups excluding carboxylic acids is 1. The lowest BCUT2D eigenvalue weighted by Gasteiger charge is -2.32. The highest BCUT2D eigenvalue weighted by Gasteiger charge is 2.51. The van der Waals surface area contributed by atoms with Crippen molar-refractivity contribution in [3.63, 3.8) is 0 Å². The molecule has 0 aromatic heterocycles. The van der Waals surface area contributed by atoms with Gasteiger partial charge in [0.2, 0.25) is 5.91 Å². The van der Waals surface area contributed by atoms with Gasteiger partial charge in [-0.3, -0.25) is 4.79 Å². The molecule has 0 spiro atoms. The second-order valence-electron chi connectivity index (χ2n) is 6.91. The first-order valence-electron chi connectivity index (χ1n) is 7.60. The number of benzene rings is 1. The Kier molecular flexibility index (Phi) is 3.79. The summed E-state index contributed by atoms with van der Waals surface area (Å²) in [5.41, 5.74) is 2.39. The highest BCUT2D eigenvalue weighted by molar-refractivity contribution is 6.62. The van der Waals surface area contributed by atoms with Gasteiger partial charge in [0.15, 0.2) is 0 Å². The molecule has 4 nitrogen and oxygen atoms in total. The molecule has 6 heteroatoms. The zero-order chi connectivity index (χ0) is 16.1. The number of hydrogen-bond donors (Lipinski definition) is 0. The molecular weight excluding hydrogens is 300 g/mol. The molecule has 0 unspecified atom stereocenters. The summed E-state index contributed by atoms with van der Waals surface area (Å²) >= 11 is 5.66. The van der Waals surface area contributed by atoms with Crippen LogP contribution in [0.3, 0.4) is 0 Å². The van der Waals surface area contributed by atoms with Crippen molar-refractivity contribution in [2.75, 3.05) is 17.3 Å². The van der Waals surface area contributed by atoms with Gasteiger partial charge in [0.05, 0.1) is 11.2 Å². The van der Waals surface area contributed by atoms with Crippen LogP contribution in [0, 0.1) is 0 Å². The van der Waals surface area contributed by atoms with E-state index in [9.17, 15) is 4.79 Å². The standard InChI is InChI=1S/C16H21BClNO3/c1-15(2)16(3,4)22-17(21-15)12-5-6-13-11(9-12)7-8-19(13)14(20)10-18/h5-6,9H,7-8,10H2,1-4H3. The van der Waals surface area contributed by atoms with Gasteiger partial charge in [-0.25, -0.2) is 0 Å². The minimum absolute atomic E-state index is 0.0123. The first-order valence-corrected chi connectivity index (χ1v) is 8.13. The van der Waals surface area contributed by atoms with Gasteiger partial charge in [-0.05, 0) is 51.2 Å². The summed E-state index contributed by atoms with van der Waals surface area (Å²) in [5, 5.41) is 0. The monoisotopic (exact) mass is 321 g/mol. The zero-order valence-corrected chi connectivity index (χ0v) is 14.2. The molecule has 0 radical (unpaired) electrons. The van der Waals surface area contributed by atoms with Crippen LogP contribution in [0.15, 0.2) is 18.2 Å². The third kappa shape index (κ3) is 2.45. The van der Waals surface area contributed by atoms with Crippen LogP contribution >= 0.6 is 11.6 Å². The molecule has 1 aromatic carbocycles. The number of amides is 1. The fraction of sp³-hybridized carbons (Fsp3) is 0.562. The molecule has 0 saturated carbocycles. The van der Waals surface area contributed by atoms with Gasteiger partial charge in [0.1, 0.15) is 5.88 Å². The summed E-state index contributed by atoms with van der Waals surface area (Å²) in [4.78, 5) is 13.6. The maximum atomic E-state index is 11.8. The Morgan fingerprint density at radius 3 is 2.50 bits per heavy atom. The van der Waals surface area contributed by atoms with Gasteiger partial charge in [0.25, 0.3) is 0 Å². The van der Waals surface area contributed by atoms with E-state index in [4.69, 9.17) is 20.9 Å². The lowest BCUT2D eigenvalue weighted by molar-refractivity contribution is -0.116. The molecule has 1 saturated heterocycles. The van der Waals surface area contributed by atoms with Crippen LogP contribution in [0.5, 0.6) is 0 Å². The van der Waals surface area contributed by atoms with Crippen molar-refractivity contribution in [3.8, 4) is 0 Å². The van der Waals surface area contributed by atoms with Crippen LogP contribution in [-0.2, 0) is 20.5 Å². The molecule has 2 heterocycles. The van der Waals surface area contributed by atoms with E-state index in [1.165, 1.54) is 0 Å². The summed E-state index contributed by atoms with van der Waals surface area (Å²) in [5.74, 6) is -0.0397. The van der Waals surface area contributed by atoms with E-state index >= 15 is 0 Å². The molecule has 22 heavy (non-hydrogen) atoms. The fourth-order valence-electron chi connectivity index (χ4n) is 2.88. The summed E-state index contributed by atoms with van der Waals surface area (Å²) in [6.07, 6.45) is 0.839. The lowest BCUT2D eigenvalue weighted by atomic mass is 9.78. The van der Waals surface area contributed by atoms with E-state index in [0.717, 1.165) is 23.1 Å². The molecular formula is C16H21BClNO3. The third-order valence-corrected chi connectivity index (χ3v) is 5.17. The van der Waals surface area contributed by atoms with E-state index < -0.39 is 0 Å². The minimum atomic E-state index is -0.368. The Morgan fingerprint density at radius 2 is 1.91 bits per heavy atom. The van der Waals surface area contributed by atoms with E-state index in [2.05, 4.69) is 6.07 Å². The molecule has 0 N–H and O–H groups in total. The smallest absolute Gasteiger partial charge is 0.399 e. The summed E-state index contributed by atoms with van der Waals surface area (Å²) < 4.78 is 12.2. The van der Waals surface area contributed by atoms with Crippen molar-refractivity contribution in [2.24, 2.45) is 0 Å². The summed E-state index contributed by atoms with van der Waals surface area (Å²) in [7, 11) is -0.368. The van der Waals surface area contributed by atoms with Gasteiger partial charge >= 0.3 is 7.12 Å². The lowest BCUT2D eigenvalue weighted by Crippen LogP contribution is -2.41. The molecule has 1 fully saturated rings. The quantitative estimate of drug-likeness (QED) is 0.618. The SMILES string of the molecule is CC1(C)OB(c2ccc3c(c2)CCN3C(=O)CCl)OC1(C)C. The second-order valence-corrected chi connectivity index (χ2v) is 7.17. The van der Waals surface area contributed by atoms with E-state index in [1.54, 1.807) is 4.90 Å². The maximum absolute atomic E-state index is 11.8. The minimum Gasteiger partial charge on any atom is -0.399 e. The van der Waals surface area contributed by atoms with E-state index in [-0.39, 0.29) is 30.1 Å². The highest BCUT2D eigenvalue weighted by atomic mass is 35.5. The van der Waals surface area contributed by atoms with Crippen molar-refractivity contribution < 1.29 is 14.1 Å². The Balaban J connectivity index is 1.86. The van der Waals surface area contributed by atoms with E-state index in [1.807, 2.05) is 39.8 Å². The van der Waals surface area contributed by atoms with Gasteiger partial charge < -0.3 is 14.2 Å². The van der Waals surface area contributed by atoms with Crippen LogP contribution in [0.4, 0.5) is 5.69 Å². The predicted octanol–water partition coefficient (Wildman–Crippen LogP) is 2.11. The van der Waals surface area contributed by atoms with Crippen LogP contribution in [0.25, 0.3) is 0 Å². The van der Waals surface area contributed by atoms with Gasteiger partial charge in [-0.2, -0.15) is 0 Å². The number of alkyl halides is 1. The number of halogens is 1. The summed E-state index contributed by atoms with van der Waals surface area (Å²) in [6.45, 7) is 8.86. The first kappa shape index (κ1) is 15.8. The number of fused-ring (bicyclic) bond motifs is 1. The Bertz CT molecular complexity index is 601. The Labute approximate surface area is 136 Å². The number of hydrogen-bond acceptors (Lipinski definition) is 3. The number of anilines is 1. The first-order chi connectivity index (χ1) is 10.2. The van der Waals surface area contributed by atoms with Crippen molar-refractivity contribution in [3.05, 3.63) is 23.8 Å². The van der Waals surface area contributed by atoms with Crippen molar-refractivity contribution in [2.45, 2.75) is 45.3 Å². The number of nitrogens with zero attached hydrogens (tertiary/aromatic N) is 1. The predicted molar refractivity (Wildman–Crippen MR) is 88.9 cm³/mol. The van der Waals surface area contributed by atoms with E-state index in [0.29, 0.717) is 6.54 Å². The Morgan fingerprint density at radius 1 is 1.27 bits per heavy atom. The molecule has 118 valence electrons. The summed E-state index contributed by atoms with van der Waals surface area (Å²) in [6, 6.07) is 6.02. The number of carbonyl (C=O) groups is 1. The van der Waals surface area contributed by atoms with Crippen molar-refractivity contribution in [1.82, 2.24) is 0 Å². The molecule has 2 aliphatic rings. The molecule has 2 aliphatic heterocycles. The van der Waals surface area contributed by atoms with Crippen LogP contribution in [0.1, 0.15) is 33.3 Å². The van der Waals surface area contributed by atoms with Gasteiger partial charge in [-0.15, -0.1) is 11.6 Å². The zero-order valence-electron chi connectivity index (χ0n) is 13.5. The highest BCUT2D eigenvalue weighted by Crippen LogP contribution is 2.37. The molecule has 1 aromatic rings. The maximum Gasteiger partial charge on any atom is 0.494 e. The fourth-order valence-corrected chi connectivity index (χ4v) is 3.02. The average molecular weight is 322 g/mol. The molecule has 0 bridgehead atoms. The largest absolute Gasteiger partial charge is 0.494 e. The normalized spacial score (nSPS) is 22.0. The van der Waals surface area contributed by atoms with Crippen molar-refractivity contribution in [1.29, 1.82) is 0 Å². The molecule has 3 rings (SSSR count). The van der Waals surface area contributed by atoms with Crippen LogP contribution in [-0.4, -0.2) is 36.7 Å². The second kappa shape index (κ2) is 5.26. The van der Waals surface area contributed by atoms with Crippen LogP contribution < -0.4 is 10.4 Å². The van der Waals surface area contributed by atoms with Gasteiger partial charge in [0, 0.05) is 12.2 Å².